The quantitative estimate of drug-likeness (QED) is 0.708. The first-order chi connectivity index (χ1) is 14.1. The Balaban J connectivity index is 1.64. The number of esters is 1. The fraction of sp³-hybridized carbons (Fsp3) is 0.458. The molecule has 0 aromatic heterocycles. The van der Waals surface area contributed by atoms with Crippen molar-refractivity contribution in [1.29, 1.82) is 0 Å². The highest BCUT2D eigenvalue weighted by Gasteiger charge is 2.41. The standard InChI is InChI=1S/C24H31N3O2/c1-4-29-24(28)19-10-14-21(15-11-19)27-17-22-7-5-6-16-26(22)23(27)18-8-12-20(13-9-18)25(2)3/h8-15,22-23H,4-7,16-17H2,1-3H3. The molecule has 2 heterocycles. The van der Waals surface area contributed by atoms with Gasteiger partial charge in [0.25, 0.3) is 0 Å². The molecule has 2 unspecified atom stereocenters. The number of carbonyl (C=O) groups excluding carboxylic acids is 1. The third-order valence-electron chi connectivity index (χ3n) is 6.11. The van der Waals surface area contributed by atoms with Crippen molar-refractivity contribution in [2.75, 3.05) is 43.6 Å². The highest BCUT2D eigenvalue weighted by atomic mass is 16.5. The van der Waals surface area contributed by atoms with E-state index >= 15 is 0 Å². The first kappa shape index (κ1) is 19.8. The minimum Gasteiger partial charge on any atom is -0.462 e. The second-order valence-corrected chi connectivity index (χ2v) is 8.17. The number of carbonyl (C=O) groups is 1. The number of rotatable bonds is 5. The van der Waals surface area contributed by atoms with Gasteiger partial charge < -0.3 is 14.5 Å². The van der Waals surface area contributed by atoms with Crippen LogP contribution in [0.15, 0.2) is 48.5 Å². The molecule has 154 valence electrons. The third kappa shape index (κ3) is 3.97. The molecule has 0 radical (unpaired) electrons. The zero-order valence-electron chi connectivity index (χ0n) is 17.7. The van der Waals surface area contributed by atoms with Gasteiger partial charge in [-0.15, -0.1) is 0 Å². The van der Waals surface area contributed by atoms with E-state index in [1.807, 2.05) is 19.1 Å². The summed E-state index contributed by atoms with van der Waals surface area (Å²) < 4.78 is 5.13. The second kappa shape index (κ2) is 8.46. The molecule has 0 N–H and O–H groups in total. The highest BCUT2D eigenvalue weighted by molar-refractivity contribution is 5.89. The summed E-state index contributed by atoms with van der Waals surface area (Å²) in [7, 11) is 4.14. The Bertz CT molecular complexity index is 832. The normalized spacial score (nSPS) is 21.7. The van der Waals surface area contributed by atoms with Gasteiger partial charge in [0.15, 0.2) is 0 Å². The molecule has 2 atom stereocenters. The van der Waals surface area contributed by atoms with E-state index in [0.29, 0.717) is 18.2 Å². The number of hydrogen-bond acceptors (Lipinski definition) is 5. The van der Waals surface area contributed by atoms with Crippen LogP contribution in [0.1, 0.15) is 48.3 Å². The van der Waals surface area contributed by atoms with Crippen LogP contribution in [0.3, 0.4) is 0 Å². The van der Waals surface area contributed by atoms with E-state index in [4.69, 9.17) is 4.74 Å². The lowest BCUT2D eigenvalue weighted by atomic mass is 10.0. The zero-order valence-corrected chi connectivity index (χ0v) is 17.7. The molecular formula is C24H31N3O2. The molecule has 0 saturated carbocycles. The average molecular weight is 394 g/mol. The van der Waals surface area contributed by atoms with E-state index < -0.39 is 0 Å². The van der Waals surface area contributed by atoms with Gasteiger partial charge in [-0.2, -0.15) is 0 Å². The molecule has 0 spiro atoms. The van der Waals surface area contributed by atoms with Crippen molar-refractivity contribution in [3.63, 3.8) is 0 Å². The van der Waals surface area contributed by atoms with Crippen molar-refractivity contribution in [2.24, 2.45) is 0 Å². The predicted molar refractivity (Wildman–Crippen MR) is 118 cm³/mol. The van der Waals surface area contributed by atoms with Gasteiger partial charge in [-0.05, 0) is 61.7 Å². The van der Waals surface area contributed by atoms with Gasteiger partial charge in [0.2, 0.25) is 0 Å². The van der Waals surface area contributed by atoms with E-state index in [1.54, 1.807) is 0 Å². The molecule has 2 aromatic rings. The van der Waals surface area contributed by atoms with Gasteiger partial charge in [0.1, 0.15) is 6.17 Å². The monoisotopic (exact) mass is 393 g/mol. The van der Waals surface area contributed by atoms with Crippen LogP contribution < -0.4 is 9.80 Å². The molecule has 0 aliphatic carbocycles. The lowest BCUT2D eigenvalue weighted by Gasteiger charge is -2.35. The minimum atomic E-state index is -0.256. The van der Waals surface area contributed by atoms with Crippen molar-refractivity contribution < 1.29 is 9.53 Å². The molecule has 5 heteroatoms. The Hall–Kier alpha value is -2.53. The number of fused-ring (bicyclic) bond motifs is 1. The number of ether oxygens (including phenoxy) is 1. The number of anilines is 2. The molecule has 2 aliphatic rings. The van der Waals surface area contributed by atoms with E-state index in [-0.39, 0.29) is 12.1 Å². The lowest BCUT2D eigenvalue weighted by Crippen LogP contribution is -2.37. The summed E-state index contributed by atoms with van der Waals surface area (Å²) in [5.41, 5.74) is 4.32. The smallest absolute Gasteiger partial charge is 0.338 e. The number of piperidine rings is 1. The Labute approximate surface area is 173 Å². The van der Waals surface area contributed by atoms with Gasteiger partial charge in [-0.3, -0.25) is 4.90 Å². The Kier molecular flexibility index (Phi) is 5.76. The first-order valence-electron chi connectivity index (χ1n) is 10.7. The Morgan fingerprint density at radius 1 is 1.07 bits per heavy atom. The number of nitrogens with zero attached hydrogens (tertiary/aromatic N) is 3. The van der Waals surface area contributed by atoms with Crippen LogP contribution >= 0.6 is 0 Å². The predicted octanol–water partition coefficient (Wildman–Crippen LogP) is 4.30. The van der Waals surface area contributed by atoms with Crippen LogP contribution in [0.4, 0.5) is 11.4 Å². The topological polar surface area (TPSA) is 36.0 Å². The summed E-state index contributed by atoms with van der Waals surface area (Å²) in [4.78, 5) is 19.3. The summed E-state index contributed by atoms with van der Waals surface area (Å²) >= 11 is 0. The van der Waals surface area contributed by atoms with Crippen LogP contribution in [-0.2, 0) is 4.74 Å². The van der Waals surface area contributed by atoms with Gasteiger partial charge in [0.05, 0.1) is 12.2 Å². The maximum atomic E-state index is 12.0. The molecule has 4 rings (SSSR count). The summed E-state index contributed by atoms with van der Waals surface area (Å²) in [6, 6.07) is 17.4. The Morgan fingerprint density at radius 3 is 2.45 bits per heavy atom. The van der Waals surface area contributed by atoms with E-state index in [2.05, 4.69) is 65.2 Å². The van der Waals surface area contributed by atoms with Gasteiger partial charge in [-0.1, -0.05) is 18.6 Å². The van der Waals surface area contributed by atoms with Crippen molar-refractivity contribution in [2.45, 2.75) is 38.4 Å². The summed E-state index contributed by atoms with van der Waals surface area (Å²) in [5, 5.41) is 0. The van der Waals surface area contributed by atoms with Crippen molar-refractivity contribution in [3.05, 3.63) is 59.7 Å². The fourth-order valence-corrected chi connectivity index (χ4v) is 4.61. The van der Waals surface area contributed by atoms with Gasteiger partial charge in [0, 0.05) is 44.6 Å². The fourth-order valence-electron chi connectivity index (χ4n) is 4.61. The number of benzene rings is 2. The molecule has 5 nitrogen and oxygen atoms in total. The third-order valence-corrected chi connectivity index (χ3v) is 6.11. The second-order valence-electron chi connectivity index (χ2n) is 8.17. The molecule has 2 aromatic carbocycles. The largest absolute Gasteiger partial charge is 0.462 e. The zero-order chi connectivity index (χ0) is 20.4. The molecule has 2 fully saturated rings. The van der Waals surface area contributed by atoms with Crippen LogP contribution in [-0.4, -0.2) is 50.7 Å². The number of hydrogen-bond donors (Lipinski definition) is 0. The lowest BCUT2D eigenvalue weighted by molar-refractivity contribution is 0.0526. The SMILES string of the molecule is CCOC(=O)c1ccc(N2CC3CCCCN3C2c2ccc(N(C)C)cc2)cc1. The van der Waals surface area contributed by atoms with Crippen LogP contribution in [0.2, 0.25) is 0 Å². The van der Waals surface area contributed by atoms with Crippen molar-refractivity contribution in [1.82, 2.24) is 4.90 Å². The Morgan fingerprint density at radius 2 is 1.79 bits per heavy atom. The molecule has 29 heavy (non-hydrogen) atoms. The molecule has 2 saturated heterocycles. The summed E-state index contributed by atoms with van der Waals surface area (Å²) in [6.07, 6.45) is 4.07. The molecule has 2 aliphatic heterocycles. The highest BCUT2D eigenvalue weighted by Crippen LogP contribution is 2.41. The van der Waals surface area contributed by atoms with E-state index in [9.17, 15) is 4.79 Å². The summed E-state index contributed by atoms with van der Waals surface area (Å²) in [6.45, 7) is 4.40. The van der Waals surface area contributed by atoms with E-state index in [0.717, 1.165) is 18.8 Å². The maximum Gasteiger partial charge on any atom is 0.338 e. The van der Waals surface area contributed by atoms with Gasteiger partial charge in [-0.25, -0.2) is 4.79 Å². The molecule has 0 amide bonds. The van der Waals surface area contributed by atoms with Crippen LogP contribution in [0, 0.1) is 0 Å². The van der Waals surface area contributed by atoms with Crippen molar-refractivity contribution in [3.8, 4) is 0 Å². The molecule has 0 bridgehead atoms. The van der Waals surface area contributed by atoms with Gasteiger partial charge >= 0.3 is 5.97 Å². The van der Waals surface area contributed by atoms with Crippen molar-refractivity contribution >= 4 is 17.3 Å². The van der Waals surface area contributed by atoms with Crippen LogP contribution in [0.5, 0.6) is 0 Å². The minimum absolute atomic E-state index is 0.241. The van der Waals surface area contributed by atoms with Crippen LogP contribution in [0.25, 0.3) is 0 Å². The first-order valence-corrected chi connectivity index (χ1v) is 10.7. The maximum absolute atomic E-state index is 12.0. The summed E-state index contributed by atoms with van der Waals surface area (Å²) in [5.74, 6) is -0.256. The van der Waals surface area contributed by atoms with E-state index in [1.165, 1.54) is 30.5 Å². The average Bonchev–Trinajstić information content (AvgIpc) is 3.13. The molecular weight excluding hydrogens is 362 g/mol.